The number of aliphatic hydroxyl groups is 1. The zero-order valence-electron chi connectivity index (χ0n) is 19.3. The van der Waals surface area contributed by atoms with E-state index < -0.39 is 0 Å². The van der Waals surface area contributed by atoms with Crippen LogP contribution in [0, 0.1) is 0 Å². The predicted molar refractivity (Wildman–Crippen MR) is 133 cm³/mol. The van der Waals surface area contributed by atoms with Crippen LogP contribution in [0.15, 0.2) is 30.3 Å². The normalized spacial score (nSPS) is 21.1. The Kier molecular flexibility index (Phi) is 5.66. The number of likely N-dealkylation sites (tertiary alicyclic amines) is 1. The third-order valence-corrected chi connectivity index (χ3v) is 7.26. The van der Waals surface area contributed by atoms with E-state index in [1.165, 1.54) is 0 Å². The van der Waals surface area contributed by atoms with Gasteiger partial charge < -0.3 is 30.3 Å². The third kappa shape index (κ3) is 4.05. The van der Waals surface area contributed by atoms with Crippen LogP contribution in [-0.2, 0) is 4.74 Å². The SMILES string of the molecule is Nc1ccc(Cl)cc1C(=O)N1CCCCC1c1cc2nc(N3CC(O)C3)cc(N3CCOC3)n2n1. The van der Waals surface area contributed by atoms with Crippen LogP contribution in [0.4, 0.5) is 17.3 Å². The summed E-state index contributed by atoms with van der Waals surface area (Å²) in [6.07, 6.45) is 2.41. The topological polar surface area (TPSA) is 112 Å². The first-order chi connectivity index (χ1) is 17.0. The van der Waals surface area contributed by atoms with Crippen LogP contribution in [0.2, 0.25) is 5.02 Å². The summed E-state index contributed by atoms with van der Waals surface area (Å²) >= 11 is 6.17. The average molecular weight is 498 g/mol. The molecule has 3 aliphatic heterocycles. The van der Waals surface area contributed by atoms with E-state index in [1.54, 1.807) is 18.2 Å². The Balaban J connectivity index is 1.39. The number of nitrogen functional groups attached to an aromatic ring is 1. The molecule has 0 spiro atoms. The van der Waals surface area contributed by atoms with Gasteiger partial charge in [-0.2, -0.15) is 9.61 Å². The standard InChI is InChI=1S/C24H28ClN7O3/c25-15-4-5-18(26)17(9-15)24(34)31-6-2-1-3-20(31)19-10-22-27-21(30-12-16(33)13-30)11-23(32(22)28-19)29-7-8-35-14-29/h4-5,9-11,16,20,33H,1-3,6-8,12-14,26H2. The van der Waals surface area contributed by atoms with Crippen molar-refractivity contribution >= 4 is 40.5 Å². The van der Waals surface area contributed by atoms with E-state index in [0.717, 1.165) is 43.1 Å². The molecule has 3 fully saturated rings. The van der Waals surface area contributed by atoms with Crippen molar-refractivity contribution in [1.82, 2.24) is 19.5 Å². The summed E-state index contributed by atoms with van der Waals surface area (Å²) in [6.45, 7) is 3.65. The van der Waals surface area contributed by atoms with Crippen LogP contribution in [0.5, 0.6) is 0 Å². The van der Waals surface area contributed by atoms with Crippen LogP contribution in [0.25, 0.3) is 5.65 Å². The lowest BCUT2D eigenvalue weighted by Crippen LogP contribution is -2.51. The van der Waals surface area contributed by atoms with Gasteiger partial charge in [-0.05, 0) is 37.5 Å². The summed E-state index contributed by atoms with van der Waals surface area (Å²) in [4.78, 5) is 24.4. The van der Waals surface area contributed by atoms with Crippen molar-refractivity contribution in [3.8, 4) is 0 Å². The van der Waals surface area contributed by atoms with Crippen molar-refractivity contribution in [2.75, 3.05) is 55.1 Å². The highest BCUT2D eigenvalue weighted by atomic mass is 35.5. The van der Waals surface area contributed by atoms with E-state index in [9.17, 15) is 9.90 Å². The van der Waals surface area contributed by atoms with Crippen molar-refractivity contribution in [1.29, 1.82) is 0 Å². The molecule has 3 aromatic rings. The molecule has 0 aliphatic carbocycles. The fourth-order valence-electron chi connectivity index (χ4n) is 5.10. The molecule has 11 heteroatoms. The highest BCUT2D eigenvalue weighted by molar-refractivity contribution is 6.31. The number of nitrogens with two attached hydrogens (primary N) is 1. The maximum Gasteiger partial charge on any atom is 0.256 e. The summed E-state index contributed by atoms with van der Waals surface area (Å²) < 4.78 is 7.44. The lowest BCUT2D eigenvalue weighted by Gasteiger charge is -2.37. The molecule has 6 rings (SSSR count). The maximum atomic E-state index is 13.6. The Morgan fingerprint density at radius 2 is 2.00 bits per heavy atom. The predicted octanol–water partition coefficient (Wildman–Crippen LogP) is 2.31. The first-order valence-electron chi connectivity index (χ1n) is 12.0. The Bertz CT molecular complexity index is 1270. The van der Waals surface area contributed by atoms with Crippen LogP contribution in [-0.4, -0.2) is 76.1 Å². The number of ether oxygens (including phenoxy) is 1. The van der Waals surface area contributed by atoms with Gasteiger partial charge in [0.2, 0.25) is 0 Å². The second-order valence-electron chi connectivity index (χ2n) is 9.41. The number of halogens is 1. The number of nitrogens with zero attached hydrogens (tertiary/aromatic N) is 6. The number of β-amino-alcohol motifs (C(OH)–C–C–N with tert-alkyl or cyclic N) is 1. The Hall–Kier alpha value is -3.08. The van der Waals surface area contributed by atoms with Gasteiger partial charge in [0.25, 0.3) is 5.91 Å². The van der Waals surface area contributed by atoms with Crippen LogP contribution >= 0.6 is 11.6 Å². The minimum atomic E-state index is -0.326. The van der Waals surface area contributed by atoms with Gasteiger partial charge in [-0.25, -0.2) is 4.98 Å². The largest absolute Gasteiger partial charge is 0.398 e. The molecule has 5 heterocycles. The van der Waals surface area contributed by atoms with Crippen LogP contribution in [0.3, 0.4) is 0 Å². The minimum Gasteiger partial charge on any atom is -0.398 e. The molecule has 35 heavy (non-hydrogen) atoms. The van der Waals surface area contributed by atoms with Gasteiger partial charge in [0.1, 0.15) is 18.4 Å². The molecule has 1 aromatic carbocycles. The van der Waals surface area contributed by atoms with Gasteiger partial charge in [-0.1, -0.05) is 11.6 Å². The molecular weight excluding hydrogens is 470 g/mol. The average Bonchev–Trinajstić information content (AvgIpc) is 3.53. The Morgan fingerprint density at radius 3 is 2.77 bits per heavy atom. The van der Waals surface area contributed by atoms with Crippen molar-refractivity contribution < 1.29 is 14.6 Å². The molecule has 3 saturated heterocycles. The number of carbonyl (C=O) groups excluding carboxylic acids is 1. The minimum absolute atomic E-state index is 0.136. The number of amides is 1. The lowest BCUT2D eigenvalue weighted by molar-refractivity contribution is 0.0607. The molecule has 1 unspecified atom stereocenters. The van der Waals surface area contributed by atoms with E-state index in [4.69, 9.17) is 32.2 Å². The number of benzene rings is 1. The third-order valence-electron chi connectivity index (χ3n) is 7.03. The van der Waals surface area contributed by atoms with Gasteiger partial charge in [-0.15, -0.1) is 0 Å². The Labute approximate surface area is 207 Å². The molecule has 0 saturated carbocycles. The second-order valence-corrected chi connectivity index (χ2v) is 9.85. The van der Waals surface area contributed by atoms with Crippen molar-refractivity contribution in [3.05, 3.63) is 46.6 Å². The molecule has 1 atom stereocenters. The quantitative estimate of drug-likeness (QED) is 0.528. The number of carbonyl (C=O) groups is 1. The maximum absolute atomic E-state index is 13.6. The number of aliphatic hydroxyl groups excluding tert-OH is 1. The van der Waals surface area contributed by atoms with Crippen LogP contribution in [0.1, 0.15) is 41.4 Å². The van der Waals surface area contributed by atoms with Gasteiger partial charge >= 0.3 is 0 Å². The summed E-state index contributed by atoms with van der Waals surface area (Å²) in [5.74, 6) is 1.56. The van der Waals surface area contributed by atoms with Gasteiger partial charge in [0, 0.05) is 49.0 Å². The van der Waals surface area contributed by atoms with Gasteiger partial charge in [0.05, 0.1) is 30.0 Å². The summed E-state index contributed by atoms with van der Waals surface area (Å²) in [5, 5.41) is 15.2. The fourth-order valence-corrected chi connectivity index (χ4v) is 5.27. The smallest absolute Gasteiger partial charge is 0.256 e. The number of piperidine rings is 1. The van der Waals surface area contributed by atoms with E-state index in [-0.39, 0.29) is 18.1 Å². The first-order valence-corrected chi connectivity index (χ1v) is 12.4. The molecule has 2 aromatic heterocycles. The molecule has 3 aliphatic rings. The number of aromatic nitrogens is 3. The molecule has 184 valence electrons. The van der Waals surface area contributed by atoms with Gasteiger partial charge in [0.15, 0.2) is 5.65 Å². The number of fused-ring (bicyclic) bond motifs is 1. The summed E-state index contributed by atoms with van der Waals surface area (Å²) in [6, 6.07) is 8.77. The van der Waals surface area contributed by atoms with E-state index in [1.807, 2.05) is 21.5 Å². The summed E-state index contributed by atoms with van der Waals surface area (Å²) in [7, 11) is 0. The van der Waals surface area contributed by atoms with E-state index in [2.05, 4.69) is 9.80 Å². The highest BCUT2D eigenvalue weighted by Crippen LogP contribution is 2.35. The monoisotopic (exact) mass is 497 g/mol. The molecule has 10 nitrogen and oxygen atoms in total. The fraction of sp³-hybridized carbons (Fsp3) is 0.458. The molecule has 0 bridgehead atoms. The van der Waals surface area contributed by atoms with Crippen molar-refractivity contribution in [3.63, 3.8) is 0 Å². The number of hydrogen-bond acceptors (Lipinski definition) is 8. The second kappa shape index (κ2) is 8.85. The lowest BCUT2D eigenvalue weighted by atomic mass is 9.98. The molecule has 0 radical (unpaired) electrons. The molecule has 1 amide bonds. The number of anilines is 3. The van der Waals surface area contributed by atoms with E-state index in [0.29, 0.717) is 54.9 Å². The van der Waals surface area contributed by atoms with E-state index >= 15 is 0 Å². The zero-order chi connectivity index (χ0) is 24.1. The highest BCUT2D eigenvalue weighted by Gasteiger charge is 2.33. The molecule has 3 N–H and O–H groups in total. The van der Waals surface area contributed by atoms with Crippen molar-refractivity contribution in [2.45, 2.75) is 31.4 Å². The van der Waals surface area contributed by atoms with Crippen LogP contribution < -0.4 is 15.5 Å². The first kappa shape index (κ1) is 22.4. The number of hydrogen-bond donors (Lipinski definition) is 2. The van der Waals surface area contributed by atoms with Crippen molar-refractivity contribution in [2.24, 2.45) is 0 Å². The Morgan fingerprint density at radius 1 is 1.14 bits per heavy atom. The summed E-state index contributed by atoms with van der Waals surface area (Å²) in [5.41, 5.74) is 8.47. The zero-order valence-corrected chi connectivity index (χ0v) is 20.1. The van der Waals surface area contributed by atoms with Gasteiger partial charge in [-0.3, -0.25) is 4.79 Å². The number of rotatable bonds is 4. The molecular formula is C24H28ClN7O3.